The Morgan fingerprint density at radius 1 is 0.857 bits per heavy atom. The summed E-state index contributed by atoms with van der Waals surface area (Å²) in [6.07, 6.45) is 0. The van der Waals surface area contributed by atoms with Gasteiger partial charge in [0.2, 0.25) is 0 Å². The third-order valence-electron chi connectivity index (χ3n) is 4.46. The molecule has 0 unspecified atom stereocenters. The van der Waals surface area contributed by atoms with Crippen LogP contribution in [0.2, 0.25) is 0 Å². The Labute approximate surface area is 203 Å². The topological polar surface area (TPSA) is 166 Å². The first kappa shape index (κ1) is 24.7. The molecule has 3 aromatic rings. The van der Waals surface area contributed by atoms with Crippen LogP contribution in [0.15, 0.2) is 72.8 Å². The van der Waals surface area contributed by atoms with Crippen molar-refractivity contribution in [2.24, 2.45) is 0 Å². The number of hydrogen-bond donors (Lipinski definition) is 3. The Bertz CT molecular complexity index is 1270. The Kier molecular flexibility index (Phi) is 7.98. The van der Waals surface area contributed by atoms with Gasteiger partial charge in [0.1, 0.15) is 5.75 Å². The molecule has 0 atom stereocenters. The highest BCUT2D eigenvalue weighted by Gasteiger charge is 2.20. The smallest absolute Gasteiger partial charge is 0.277 e. The second-order valence-corrected chi connectivity index (χ2v) is 7.27. The summed E-state index contributed by atoms with van der Waals surface area (Å²) in [7, 11) is 0. The summed E-state index contributed by atoms with van der Waals surface area (Å²) < 4.78 is 5.60. The molecular weight excluding hydrogens is 478 g/mol. The molecule has 0 radical (unpaired) electrons. The molecule has 13 heteroatoms. The lowest BCUT2D eigenvalue weighted by molar-refractivity contribution is -0.394. The SMILES string of the molecule is O=C(COc1ccccc1-c1ccccc1)NNC(=S)NC(=O)c1cc([N+](=O)[O-])cc([N+](=O)[O-])c1. The third-order valence-corrected chi connectivity index (χ3v) is 4.66. The van der Waals surface area contributed by atoms with Crippen LogP contribution in [0.4, 0.5) is 11.4 Å². The molecule has 2 amide bonds. The van der Waals surface area contributed by atoms with Crippen LogP contribution in [-0.2, 0) is 4.79 Å². The van der Waals surface area contributed by atoms with E-state index in [9.17, 15) is 29.8 Å². The summed E-state index contributed by atoms with van der Waals surface area (Å²) in [4.78, 5) is 44.7. The van der Waals surface area contributed by atoms with E-state index in [0.29, 0.717) is 5.75 Å². The number of non-ortho nitro benzene ring substituents is 2. The number of nitrogens with one attached hydrogen (secondary N) is 3. The Balaban J connectivity index is 1.55. The molecule has 35 heavy (non-hydrogen) atoms. The average Bonchev–Trinajstić information content (AvgIpc) is 2.86. The predicted molar refractivity (Wildman–Crippen MR) is 128 cm³/mol. The van der Waals surface area contributed by atoms with E-state index in [1.54, 1.807) is 12.1 Å². The molecule has 178 valence electrons. The molecule has 0 saturated carbocycles. The second kappa shape index (κ2) is 11.3. The highest BCUT2D eigenvalue weighted by Crippen LogP contribution is 2.29. The Hall–Kier alpha value is -4.91. The van der Waals surface area contributed by atoms with E-state index in [0.717, 1.165) is 29.3 Å². The molecule has 12 nitrogen and oxygen atoms in total. The van der Waals surface area contributed by atoms with Gasteiger partial charge in [-0.05, 0) is 23.8 Å². The lowest BCUT2D eigenvalue weighted by Gasteiger charge is -2.13. The van der Waals surface area contributed by atoms with Crippen LogP contribution in [0.1, 0.15) is 10.4 Å². The minimum Gasteiger partial charge on any atom is -0.483 e. The van der Waals surface area contributed by atoms with Crippen LogP contribution in [0.5, 0.6) is 5.75 Å². The van der Waals surface area contributed by atoms with Crippen LogP contribution in [0, 0.1) is 20.2 Å². The molecule has 0 heterocycles. The fourth-order valence-electron chi connectivity index (χ4n) is 2.90. The van der Waals surface area contributed by atoms with E-state index in [2.05, 4.69) is 16.2 Å². The highest BCUT2D eigenvalue weighted by molar-refractivity contribution is 7.80. The van der Waals surface area contributed by atoms with Gasteiger partial charge in [-0.2, -0.15) is 0 Å². The monoisotopic (exact) mass is 495 g/mol. The number of nitrogens with zero attached hydrogens (tertiary/aromatic N) is 2. The largest absolute Gasteiger partial charge is 0.483 e. The van der Waals surface area contributed by atoms with Crippen molar-refractivity contribution in [2.45, 2.75) is 0 Å². The normalized spacial score (nSPS) is 10.1. The summed E-state index contributed by atoms with van der Waals surface area (Å²) in [5.74, 6) is -1.08. The molecule has 0 aliphatic rings. The van der Waals surface area contributed by atoms with Gasteiger partial charge in [0.15, 0.2) is 11.7 Å². The molecule has 0 bridgehead atoms. The quantitative estimate of drug-likeness (QED) is 0.254. The molecular formula is C22H17N5O7S. The van der Waals surface area contributed by atoms with Crippen molar-refractivity contribution in [3.05, 3.63) is 98.6 Å². The van der Waals surface area contributed by atoms with Gasteiger partial charge in [-0.25, -0.2) is 0 Å². The summed E-state index contributed by atoms with van der Waals surface area (Å²) in [6, 6.07) is 19.1. The zero-order chi connectivity index (χ0) is 25.4. The first-order valence-electron chi connectivity index (χ1n) is 9.86. The van der Waals surface area contributed by atoms with Gasteiger partial charge >= 0.3 is 0 Å². The van der Waals surface area contributed by atoms with Gasteiger partial charge in [-0.3, -0.25) is 46.0 Å². The van der Waals surface area contributed by atoms with Crippen molar-refractivity contribution < 1.29 is 24.2 Å². The van der Waals surface area contributed by atoms with E-state index in [1.165, 1.54) is 0 Å². The number of nitro benzene ring substituents is 2. The van der Waals surface area contributed by atoms with E-state index in [-0.39, 0.29) is 17.3 Å². The zero-order valence-corrected chi connectivity index (χ0v) is 18.6. The van der Waals surface area contributed by atoms with Gasteiger partial charge in [-0.15, -0.1) is 0 Å². The number of nitro groups is 2. The van der Waals surface area contributed by atoms with E-state index < -0.39 is 33.0 Å². The fraction of sp³-hybridized carbons (Fsp3) is 0.0455. The first-order valence-corrected chi connectivity index (χ1v) is 10.3. The van der Waals surface area contributed by atoms with Crippen molar-refractivity contribution in [3.63, 3.8) is 0 Å². The molecule has 3 rings (SSSR count). The van der Waals surface area contributed by atoms with E-state index >= 15 is 0 Å². The second-order valence-electron chi connectivity index (χ2n) is 6.86. The average molecular weight is 495 g/mol. The van der Waals surface area contributed by atoms with Crippen LogP contribution in [0.25, 0.3) is 11.1 Å². The number of carbonyl (C=O) groups excluding carboxylic acids is 2. The standard InChI is InChI=1S/C22H17N5O7S/c28-20(13-34-19-9-5-4-8-18(19)14-6-2-1-3-7-14)24-25-22(35)23-21(29)15-10-16(26(30)31)12-17(11-15)27(32)33/h1-12H,13H2,(H,24,28)(H2,23,25,29,35). The molecule has 0 fully saturated rings. The van der Waals surface area contributed by atoms with Crippen LogP contribution in [-0.4, -0.2) is 33.4 Å². The van der Waals surface area contributed by atoms with Gasteiger partial charge in [-0.1, -0.05) is 48.5 Å². The van der Waals surface area contributed by atoms with Crippen molar-refractivity contribution in [3.8, 4) is 16.9 Å². The maximum atomic E-state index is 12.3. The maximum absolute atomic E-state index is 12.3. The molecule has 0 aliphatic carbocycles. The molecule has 0 aliphatic heterocycles. The molecule has 0 saturated heterocycles. The van der Waals surface area contributed by atoms with Gasteiger partial charge in [0.25, 0.3) is 23.2 Å². The van der Waals surface area contributed by atoms with Crippen LogP contribution in [0.3, 0.4) is 0 Å². The zero-order valence-electron chi connectivity index (χ0n) is 17.8. The van der Waals surface area contributed by atoms with Crippen LogP contribution >= 0.6 is 12.2 Å². The van der Waals surface area contributed by atoms with Crippen molar-refractivity contribution in [1.82, 2.24) is 16.2 Å². The minimum atomic E-state index is -0.948. The van der Waals surface area contributed by atoms with Crippen molar-refractivity contribution >= 4 is 40.5 Å². The number of ether oxygens (including phenoxy) is 1. The summed E-state index contributed by atoms with van der Waals surface area (Å²) >= 11 is 4.91. The summed E-state index contributed by atoms with van der Waals surface area (Å²) in [5.41, 5.74) is 4.61. The van der Waals surface area contributed by atoms with Gasteiger partial charge < -0.3 is 4.74 Å². The number of hydrogen-bond acceptors (Lipinski definition) is 8. The van der Waals surface area contributed by atoms with Gasteiger partial charge in [0, 0.05) is 17.7 Å². The fourth-order valence-corrected chi connectivity index (χ4v) is 3.04. The first-order chi connectivity index (χ1) is 16.7. The number of amides is 2. The van der Waals surface area contributed by atoms with E-state index in [1.807, 2.05) is 42.5 Å². The number of thiocarbonyl (C=S) groups is 1. The van der Waals surface area contributed by atoms with Crippen LogP contribution < -0.4 is 20.9 Å². The Morgan fingerprint density at radius 2 is 1.46 bits per heavy atom. The molecule has 3 aromatic carbocycles. The van der Waals surface area contributed by atoms with E-state index in [4.69, 9.17) is 17.0 Å². The number of rotatable bonds is 7. The predicted octanol–water partition coefficient (Wildman–Crippen LogP) is 2.88. The Morgan fingerprint density at radius 3 is 2.09 bits per heavy atom. The summed E-state index contributed by atoms with van der Waals surface area (Å²) in [6.45, 7) is -0.371. The van der Waals surface area contributed by atoms with Crippen molar-refractivity contribution in [2.75, 3.05) is 6.61 Å². The highest BCUT2D eigenvalue weighted by atomic mass is 32.1. The summed E-state index contributed by atoms with van der Waals surface area (Å²) in [5, 5.41) is 23.8. The number of para-hydroxylation sites is 1. The number of carbonyl (C=O) groups is 2. The maximum Gasteiger partial charge on any atom is 0.277 e. The number of benzene rings is 3. The molecule has 0 spiro atoms. The van der Waals surface area contributed by atoms with Gasteiger partial charge in [0.05, 0.1) is 21.5 Å². The number of hydrazine groups is 1. The molecule has 3 N–H and O–H groups in total. The lowest BCUT2D eigenvalue weighted by atomic mass is 10.1. The lowest BCUT2D eigenvalue weighted by Crippen LogP contribution is -2.49. The third kappa shape index (κ3) is 6.79. The minimum absolute atomic E-state index is 0.345. The van der Waals surface area contributed by atoms with Crippen molar-refractivity contribution in [1.29, 1.82) is 0 Å². The molecule has 0 aromatic heterocycles.